The average molecular weight is 266 g/mol. The van der Waals surface area contributed by atoms with Gasteiger partial charge >= 0.3 is 0 Å². The number of para-hydroxylation sites is 1. The Morgan fingerprint density at radius 3 is 2.84 bits per heavy atom. The van der Waals surface area contributed by atoms with Crippen LogP contribution < -0.4 is 5.32 Å². The van der Waals surface area contributed by atoms with E-state index in [1.807, 2.05) is 0 Å². The minimum Gasteiger partial charge on any atom is -0.374 e. The number of hydrogen-bond acceptors (Lipinski definition) is 3. The summed E-state index contributed by atoms with van der Waals surface area (Å²) in [6.45, 7) is 2.11. The predicted molar refractivity (Wildman–Crippen MR) is 72.7 cm³/mol. The maximum Gasteiger partial charge on any atom is 0.295 e. The van der Waals surface area contributed by atoms with Gasteiger partial charge in [-0.15, -0.1) is 0 Å². The van der Waals surface area contributed by atoms with Crippen LogP contribution in [-0.2, 0) is 0 Å². The zero-order valence-corrected chi connectivity index (χ0v) is 11.1. The van der Waals surface area contributed by atoms with Gasteiger partial charge in [0.2, 0.25) is 0 Å². The van der Waals surface area contributed by atoms with E-state index in [9.17, 15) is 14.5 Å². The summed E-state index contributed by atoms with van der Waals surface area (Å²) in [5.74, 6) is -0.0809. The molecule has 4 nitrogen and oxygen atoms in total. The Hall–Kier alpha value is -1.65. The SMILES string of the molecule is CCC1CCCCC1Nc1c(F)cccc1[N+](=O)[O-]. The van der Waals surface area contributed by atoms with Gasteiger partial charge in [0.25, 0.3) is 5.69 Å². The topological polar surface area (TPSA) is 55.2 Å². The van der Waals surface area contributed by atoms with E-state index in [4.69, 9.17) is 0 Å². The van der Waals surface area contributed by atoms with E-state index < -0.39 is 10.7 Å². The summed E-state index contributed by atoms with van der Waals surface area (Å²) in [5.41, 5.74) is -0.140. The van der Waals surface area contributed by atoms with Crippen molar-refractivity contribution in [2.45, 2.75) is 45.1 Å². The lowest BCUT2D eigenvalue weighted by Gasteiger charge is -2.32. The second-order valence-corrected chi connectivity index (χ2v) is 5.09. The molecule has 2 unspecified atom stereocenters. The number of nitrogens with zero attached hydrogens (tertiary/aromatic N) is 1. The summed E-state index contributed by atoms with van der Waals surface area (Å²) in [6.07, 6.45) is 5.35. The summed E-state index contributed by atoms with van der Waals surface area (Å²) in [7, 11) is 0. The molecule has 0 bridgehead atoms. The smallest absolute Gasteiger partial charge is 0.295 e. The van der Waals surface area contributed by atoms with E-state index in [1.165, 1.54) is 24.6 Å². The zero-order chi connectivity index (χ0) is 13.8. The van der Waals surface area contributed by atoms with Crippen molar-refractivity contribution < 1.29 is 9.31 Å². The Balaban J connectivity index is 2.24. The summed E-state index contributed by atoms with van der Waals surface area (Å²) in [6, 6.07) is 4.11. The quantitative estimate of drug-likeness (QED) is 0.659. The minimum atomic E-state index is -0.547. The van der Waals surface area contributed by atoms with Crippen LogP contribution in [0.15, 0.2) is 18.2 Å². The highest BCUT2D eigenvalue weighted by atomic mass is 19.1. The molecule has 1 saturated carbocycles. The summed E-state index contributed by atoms with van der Waals surface area (Å²) < 4.78 is 13.8. The first-order valence-electron chi connectivity index (χ1n) is 6.83. The van der Waals surface area contributed by atoms with Crippen molar-refractivity contribution in [1.29, 1.82) is 0 Å². The molecule has 0 heterocycles. The van der Waals surface area contributed by atoms with Gasteiger partial charge in [-0.05, 0) is 24.8 Å². The summed E-state index contributed by atoms with van der Waals surface area (Å²) in [5, 5.41) is 14.0. The first-order valence-corrected chi connectivity index (χ1v) is 6.83. The molecule has 0 aromatic heterocycles. The first kappa shape index (κ1) is 13.8. The van der Waals surface area contributed by atoms with Gasteiger partial charge in [-0.3, -0.25) is 10.1 Å². The molecule has 2 rings (SSSR count). The molecule has 1 N–H and O–H groups in total. The summed E-state index contributed by atoms with van der Waals surface area (Å²) >= 11 is 0. The van der Waals surface area contributed by atoms with Gasteiger partial charge in [0.1, 0.15) is 5.69 Å². The molecule has 0 spiro atoms. The van der Waals surface area contributed by atoms with Crippen LogP contribution in [0.5, 0.6) is 0 Å². The lowest BCUT2D eigenvalue weighted by Crippen LogP contribution is -2.32. The Labute approximate surface area is 112 Å². The highest BCUT2D eigenvalue weighted by Crippen LogP contribution is 2.33. The van der Waals surface area contributed by atoms with Crippen LogP contribution in [-0.4, -0.2) is 11.0 Å². The molecule has 1 aliphatic rings. The van der Waals surface area contributed by atoms with E-state index in [0.29, 0.717) is 5.92 Å². The highest BCUT2D eigenvalue weighted by Gasteiger charge is 2.27. The molecule has 2 atom stereocenters. The third-order valence-corrected chi connectivity index (χ3v) is 3.95. The fourth-order valence-corrected chi connectivity index (χ4v) is 2.88. The van der Waals surface area contributed by atoms with E-state index >= 15 is 0 Å². The van der Waals surface area contributed by atoms with Gasteiger partial charge in [-0.1, -0.05) is 32.3 Å². The number of benzene rings is 1. The fourth-order valence-electron chi connectivity index (χ4n) is 2.88. The van der Waals surface area contributed by atoms with Crippen molar-refractivity contribution in [3.63, 3.8) is 0 Å². The van der Waals surface area contributed by atoms with Crippen LogP contribution in [0.4, 0.5) is 15.8 Å². The van der Waals surface area contributed by atoms with Gasteiger partial charge in [-0.25, -0.2) is 4.39 Å². The van der Waals surface area contributed by atoms with Crippen LogP contribution in [0.25, 0.3) is 0 Å². The molecule has 0 saturated heterocycles. The predicted octanol–water partition coefficient (Wildman–Crippen LogP) is 4.11. The number of anilines is 1. The fraction of sp³-hybridized carbons (Fsp3) is 0.571. The molecular weight excluding hydrogens is 247 g/mol. The molecule has 1 fully saturated rings. The van der Waals surface area contributed by atoms with Crippen molar-refractivity contribution in [3.8, 4) is 0 Å². The summed E-state index contributed by atoms with van der Waals surface area (Å²) in [4.78, 5) is 10.4. The molecule has 1 aromatic rings. The van der Waals surface area contributed by atoms with E-state index in [2.05, 4.69) is 12.2 Å². The third-order valence-electron chi connectivity index (χ3n) is 3.95. The van der Waals surface area contributed by atoms with E-state index in [1.54, 1.807) is 0 Å². The Bertz CT molecular complexity index is 465. The van der Waals surface area contributed by atoms with Gasteiger partial charge in [-0.2, -0.15) is 0 Å². The normalized spacial score (nSPS) is 23.1. The van der Waals surface area contributed by atoms with Crippen LogP contribution in [0, 0.1) is 21.8 Å². The molecule has 5 heteroatoms. The standard InChI is InChI=1S/C14H19FN2O2/c1-2-10-6-3-4-8-12(10)16-14-11(15)7-5-9-13(14)17(18)19/h5,7,9-10,12,16H,2-4,6,8H2,1H3. The number of nitro groups is 1. The molecule has 1 aliphatic carbocycles. The van der Waals surface area contributed by atoms with Crippen LogP contribution in [0.3, 0.4) is 0 Å². The average Bonchev–Trinajstić information content (AvgIpc) is 2.41. The first-order chi connectivity index (χ1) is 9.13. The molecule has 104 valence electrons. The van der Waals surface area contributed by atoms with Crippen molar-refractivity contribution in [2.24, 2.45) is 5.92 Å². The molecule has 19 heavy (non-hydrogen) atoms. The van der Waals surface area contributed by atoms with Gasteiger partial charge in [0.15, 0.2) is 5.82 Å². The number of nitro benzene ring substituents is 1. The second-order valence-electron chi connectivity index (χ2n) is 5.09. The van der Waals surface area contributed by atoms with Crippen LogP contribution in [0.1, 0.15) is 39.0 Å². The lowest BCUT2D eigenvalue weighted by atomic mass is 9.82. The van der Waals surface area contributed by atoms with Gasteiger partial charge < -0.3 is 5.32 Å². The highest BCUT2D eigenvalue weighted by molar-refractivity contribution is 5.62. The van der Waals surface area contributed by atoms with E-state index in [0.717, 1.165) is 25.7 Å². The van der Waals surface area contributed by atoms with Crippen molar-refractivity contribution >= 4 is 11.4 Å². The molecule has 0 radical (unpaired) electrons. The number of hydrogen-bond donors (Lipinski definition) is 1. The third kappa shape index (κ3) is 3.03. The number of halogens is 1. The minimum absolute atomic E-state index is 0.0397. The zero-order valence-electron chi connectivity index (χ0n) is 11.1. The van der Waals surface area contributed by atoms with Gasteiger partial charge in [0, 0.05) is 12.1 Å². The largest absolute Gasteiger partial charge is 0.374 e. The maximum absolute atomic E-state index is 13.8. The molecule has 0 amide bonds. The van der Waals surface area contributed by atoms with Crippen molar-refractivity contribution in [1.82, 2.24) is 0 Å². The molecule has 1 aromatic carbocycles. The second kappa shape index (κ2) is 5.99. The van der Waals surface area contributed by atoms with E-state index in [-0.39, 0.29) is 17.4 Å². The Morgan fingerprint density at radius 1 is 1.42 bits per heavy atom. The van der Waals surface area contributed by atoms with Crippen molar-refractivity contribution in [3.05, 3.63) is 34.1 Å². The monoisotopic (exact) mass is 266 g/mol. The molecular formula is C14H19FN2O2. The van der Waals surface area contributed by atoms with Crippen LogP contribution in [0.2, 0.25) is 0 Å². The maximum atomic E-state index is 13.8. The number of rotatable bonds is 4. The Morgan fingerprint density at radius 2 is 2.16 bits per heavy atom. The number of nitrogens with one attached hydrogen (secondary N) is 1. The van der Waals surface area contributed by atoms with Crippen molar-refractivity contribution in [2.75, 3.05) is 5.32 Å². The Kier molecular flexibility index (Phi) is 4.35. The van der Waals surface area contributed by atoms with Crippen LogP contribution >= 0.6 is 0 Å². The van der Waals surface area contributed by atoms with Gasteiger partial charge in [0.05, 0.1) is 4.92 Å². The molecule has 0 aliphatic heterocycles. The lowest BCUT2D eigenvalue weighted by molar-refractivity contribution is -0.384.